The fourth-order valence-electron chi connectivity index (χ4n) is 3.22. The van der Waals surface area contributed by atoms with Crippen molar-refractivity contribution < 1.29 is 14.2 Å². The maximum atomic E-state index is 13.5. The van der Waals surface area contributed by atoms with E-state index in [-0.39, 0.29) is 5.75 Å². The number of nitrogens with zero attached hydrogens (tertiary/aromatic N) is 3. The molecule has 2 aromatic carbocycles. The molecule has 0 aliphatic carbocycles. The predicted octanol–water partition coefficient (Wildman–Crippen LogP) is 2.83. The van der Waals surface area contributed by atoms with Gasteiger partial charge in [-0.2, -0.15) is 0 Å². The molecule has 0 radical (unpaired) electrons. The number of halogens is 1. The molecule has 1 aliphatic heterocycles. The molecular weight excluding hydrogens is 359 g/mol. The molecule has 6 nitrogen and oxygen atoms in total. The molecule has 1 heterocycles. The van der Waals surface area contributed by atoms with Gasteiger partial charge in [0.25, 0.3) is 0 Å². The quantitative estimate of drug-likeness (QED) is 0.611. The zero-order chi connectivity index (χ0) is 19.9. The van der Waals surface area contributed by atoms with Gasteiger partial charge in [0.2, 0.25) is 0 Å². The molecule has 1 aliphatic rings. The monoisotopic (exact) mass is 386 g/mol. The third-order valence-corrected chi connectivity index (χ3v) is 4.76. The Bertz CT molecular complexity index is 820. The third kappa shape index (κ3) is 4.85. The van der Waals surface area contributed by atoms with E-state index in [9.17, 15) is 9.50 Å². The normalized spacial score (nSPS) is 14.9. The molecule has 1 saturated heterocycles. The van der Waals surface area contributed by atoms with Crippen LogP contribution < -0.4 is 15.0 Å². The summed E-state index contributed by atoms with van der Waals surface area (Å²) in [6.45, 7) is 6.59. The summed E-state index contributed by atoms with van der Waals surface area (Å²) in [6.07, 6.45) is 0. The number of benzene rings is 2. The molecule has 1 fully saturated rings. The second kappa shape index (κ2) is 9.30. The van der Waals surface area contributed by atoms with Crippen molar-refractivity contribution in [2.24, 2.45) is 4.99 Å². The Morgan fingerprint density at radius 2 is 1.96 bits per heavy atom. The van der Waals surface area contributed by atoms with Crippen LogP contribution in [0.4, 0.5) is 10.1 Å². The van der Waals surface area contributed by atoms with E-state index in [0.717, 1.165) is 55.7 Å². The molecule has 28 heavy (non-hydrogen) atoms. The van der Waals surface area contributed by atoms with Gasteiger partial charge in [0.1, 0.15) is 5.75 Å². The summed E-state index contributed by atoms with van der Waals surface area (Å²) in [6, 6.07) is 12.5. The van der Waals surface area contributed by atoms with Crippen LogP contribution in [0, 0.1) is 5.82 Å². The number of phenolic OH excluding ortho intramolecular Hbond substituents is 1. The highest BCUT2D eigenvalue weighted by Crippen LogP contribution is 2.22. The van der Waals surface area contributed by atoms with Gasteiger partial charge < -0.3 is 25.0 Å². The molecule has 0 spiro atoms. The molecule has 150 valence electrons. The first kappa shape index (κ1) is 19.8. The van der Waals surface area contributed by atoms with Crippen molar-refractivity contribution in [2.45, 2.75) is 13.5 Å². The van der Waals surface area contributed by atoms with Crippen molar-refractivity contribution >= 4 is 11.6 Å². The van der Waals surface area contributed by atoms with E-state index in [1.54, 1.807) is 13.2 Å². The van der Waals surface area contributed by atoms with Crippen LogP contribution in [-0.4, -0.2) is 55.8 Å². The molecule has 0 saturated carbocycles. The molecule has 2 aromatic rings. The van der Waals surface area contributed by atoms with Gasteiger partial charge in [-0.05, 0) is 36.8 Å². The molecule has 3 rings (SSSR count). The first-order valence-electron chi connectivity index (χ1n) is 9.50. The lowest BCUT2D eigenvalue weighted by molar-refractivity contribution is 0.372. The largest absolute Gasteiger partial charge is 0.505 e. The van der Waals surface area contributed by atoms with Crippen LogP contribution in [0.3, 0.4) is 0 Å². The lowest BCUT2D eigenvalue weighted by atomic mass is 10.2. The highest BCUT2D eigenvalue weighted by Gasteiger charge is 2.20. The second-order valence-electron chi connectivity index (χ2n) is 6.63. The lowest BCUT2D eigenvalue weighted by Gasteiger charge is -2.37. The Balaban J connectivity index is 1.64. The van der Waals surface area contributed by atoms with Gasteiger partial charge in [-0.1, -0.05) is 12.1 Å². The summed E-state index contributed by atoms with van der Waals surface area (Å²) >= 11 is 0. The van der Waals surface area contributed by atoms with Crippen LogP contribution in [0.15, 0.2) is 47.5 Å². The lowest BCUT2D eigenvalue weighted by Crippen LogP contribution is -2.52. The third-order valence-electron chi connectivity index (χ3n) is 4.76. The van der Waals surface area contributed by atoms with E-state index in [4.69, 9.17) is 4.74 Å². The number of methoxy groups -OCH3 is 1. The van der Waals surface area contributed by atoms with Crippen molar-refractivity contribution in [2.75, 3.05) is 44.7 Å². The Hall–Kier alpha value is -2.96. The average molecular weight is 386 g/mol. The molecule has 2 N–H and O–H groups in total. The second-order valence-corrected chi connectivity index (χ2v) is 6.63. The Morgan fingerprint density at radius 1 is 1.18 bits per heavy atom. The van der Waals surface area contributed by atoms with Crippen molar-refractivity contribution in [3.8, 4) is 11.5 Å². The minimum absolute atomic E-state index is 0.340. The smallest absolute Gasteiger partial charge is 0.194 e. The summed E-state index contributed by atoms with van der Waals surface area (Å²) in [5.41, 5.74) is 1.88. The van der Waals surface area contributed by atoms with Crippen LogP contribution in [0.25, 0.3) is 0 Å². The summed E-state index contributed by atoms with van der Waals surface area (Å²) in [4.78, 5) is 9.20. The minimum atomic E-state index is -0.621. The number of aromatic hydroxyl groups is 1. The molecule has 0 unspecified atom stereocenters. The summed E-state index contributed by atoms with van der Waals surface area (Å²) in [7, 11) is 1.68. The number of hydrogen-bond donors (Lipinski definition) is 2. The molecule has 0 atom stereocenters. The number of anilines is 1. The standard InChI is InChI=1S/C21H27FN4O2/c1-3-23-21(24-15-16-7-8-20(27)19(22)13-16)26-11-9-25(10-12-26)17-5-4-6-18(14-17)28-2/h4-8,13-14,27H,3,9-12,15H2,1-2H3,(H,23,24). The summed E-state index contributed by atoms with van der Waals surface area (Å²) in [5, 5.41) is 12.6. The van der Waals surface area contributed by atoms with Gasteiger partial charge >= 0.3 is 0 Å². The van der Waals surface area contributed by atoms with Crippen molar-refractivity contribution in [3.63, 3.8) is 0 Å². The summed E-state index contributed by atoms with van der Waals surface area (Å²) < 4.78 is 18.8. The van der Waals surface area contributed by atoms with Crippen LogP contribution in [0.1, 0.15) is 12.5 Å². The van der Waals surface area contributed by atoms with Crippen LogP contribution in [0.5, 0.6) is 11.5 Å². The van der Waals surface area contributed by atoms with E-state index < -0.39 is 5.82 Å². The fraction of sp³-hybridized carbons (Fsp3) is 0.381. The Labute approximate surface area is 165 Å². The van der Waals surface area contributed by atoms with E-state index in [1.165, 1.54) is 12.1 Å². The molecule has 7 heteroatoms. The maximum Gasteiger partial charge on any atom is 0.194 e. The van der Waals surface area contributed by atoms with Gasteiger partial charge in [0, 0.05) is 44.5 Å². The zero-order valence-corrected chi connectivity index (χ0v) is 16.4. The molecular formula is C21H27FN4O2. The van der Waals surface area contributed by atoms with Crippen LogP contribution in [0.2, 0.25) is 0 Å². The predicted molar refractivity (Wildman–Crippen MR) is 110 cm³/mol. The molecule has 0 aromatic heterocycles. The number of guanidine groups is 1. The minimum Gasteiger partial charge on any atom is -0.505 e. The SMILES string of the molecule is CCNC(=NCc1ccc(O)c(F)c1)N1CCN(c2cccc(OC)c2)CC1. The average Bonchev–Trinajstić information content (AvgIpc) is 2.73. The number of phenols is 1. The first-order valence-corrected chi connectivity index (χ1v) is 9.50. The first-order chi connectivity index (χ1) is 13.6. The van der Waals surface area contributed by atoms with E-state index in [2.05, 4.69) is 26.2 Å². The van der Waals surface area contributed by atoms with Crippen molar-refractivity contribution in [1.82, 2.24) is 10.2 Å². The number of aliphatic imine (C=N–C) groups is 1. The highest BCUT2D eigenvalue weighted by atomic mass is 19.1. The number of rotatable bonds is 5. The topological polar surface area (TPSA) is 60.3 Å². The van der Waals surface area contributed by atoms with Gasteiger partial charge in [-0.3, -0.25) is 0 Å². The number of nitrogens with one attached hydrogen (secondary N) is 1. The van der Waals surface area contributed by atoms with Crippen molar-refractivity contribution in [1.29, 1.82) is 0 Å². The van der Waals surface area contributed by atoms with E-state index in [1.807, 2.05) is 25.1 Å². The maximum absolute atomic E-state index is 13.5. The Kier molecular flexibility index (Phi) is 6.57. The van der Waals surface area contributed by atoms with Gasteiger partial charge in [0.15, 0.2) is 17.5 Å². The van der Waals surface area contributed by atoms with Crippen LogP contribution >= 0.6 is 0 Å². The number of piperazine rings is 1. The van der Waals surface area contributed by atoms with Gasteiger partial charge in [-0.15, -0.1) is 0 Å². The fourth-order valence-corrected chi connectivity index (χ4v) is 3.22. The van der Waals surface area contributed by atoms with E-state index in [0.29, 0.717) is 6.54 Å². The number of ether oxygens (including phenoxy) is 1. The molecule has 0 amide bonds. The Morgan fingerprint density at radius 3 is 2.64 bits per heavy atom. The van der Waals surface area contributed by atoms with Gasteiger partial charge in [-0.25, -0.2) is 9.38 Å². The summed E-state index contributed by atoms with van der Waals surface area (Å²) in [5.74, 6) is 0.718. The van der Waals surface area contributed by atoms with E-state index >= 15 is 0 Å². The highest BCUT2D eigenvalue weighted by molar-refractivity contribution is 5.80. The molecule has 0 bridgehead atoms. The number of hydrogen-bond acceptors (Lipinski definition) is 4. The zero-order valence-electron chi connectivity index (χ0n) is 16.4. The van der Waals surface area contributed by atoms with Gasteiger partial charge in [0.05, 0.1) is 13.7 Å². The van der Waals surface area contributed by atoms with Crippen molar-refractivity contribution in [3.05, 3.63) is 53.8 Å². The van der Waals surface area contributed by atoms with Crippen LogP contribution in [-0.2, 0) is 6.54 Å².